The van der Waals surface area contributed by atoms with Gasteiger partial charge in [0.05, 0.1) is 4.34 Å². The highest BCUT2D eigenvalue weighted by Gasteiger charge is 1.96. The molecule has 0 amide bonds. The van der Waals surface area contributed by atoms with Crippen molar-refractivity contribution < 1.29 is 5.21 Å². The molecule has 0 fully saturated rings. The van der Waals surface area contributed by atoms with E-state index in [2.05, 4.69) is 4.99 Å². The molecule has 0 aromatic carbocycles. The quantitative estimate of drug-likeness (QED) is 0.407. The minimum Gasteiger partial charge on any atom is -0.368 e. The van der Waals surface area contributed by atoms with Gasteiger partial charge in [-0.2, -0.15) is 0 Å². The molecule has 72 valence electrons. The Morgan fingerprint density at radius 2 is 2.46 bits per heavy atom. The maximum atomic E-state index is 8.31. The van der Waals surface area contributed by atoms with Crippen LogP contribution in [0.1, 0.15) is 4.88 Å². The van der Waals surface area contributed by atoms with E-state index in [1.165, 1.54) is 11.3 Å². The summed E-state index contributed by atoms with van der Waals surface area (Å²) in [5, 5.41) is 8.31. The zero-order valence-electron chi connectivity index (χ0n) is 6.83. The van der Waals surface area contributed by atoms with E-state index < -0.39 is 0 Å². The highest BCUT2D eigenvalue weighted by molar-refractivity contribution is 7.16. The number of thiophene rings is 1. The van der Waals surface area contributed by atoms with E-state index in [0.29, 0.717) is 6.54 Å². The van der Waals surface area contributed by atoms with Crippen LogP contribution in [0.15, 0.2) is 17.1 Å². The minimum absolute atomic E-state index is 0.0302. The van der Waals surface area contributed by atoms with Gasteiger partial charge in [0, 0.05) is 17.8 Å². The first kappa shape index (κ1) is 10.3. The molecule has 0 aliphatic heterocycles. The molecule has 0 saturated heterocycles. The zero-order chi connectivity index (χ0) is 9.68. The van der Waals surface area contributed by atoms with Crippen LogP contribution in [0, 0.1) is 0 Å². The highest BCUT2D eigenvalue weighted by Crippen LogP contribution is 2.21. The van der Waals surface area contributed by atoms with E-state index in [9.17, 15) is 0 Å². The monoisotopic (exact) mass is 219 g/mol. The normalized spacial score (nSPS) is 11.7. The third-order valence-corrected chi connectivity index (χ3v) is 2.67. The van der Waals surface area contributed by atoms with Crippen molar-refractivity contribution in [1.29, 1.82) is 0 Å². The van der Waals surface area contributed by atoms with Gasteiger partial charge in [0.1, 0.15) is 0 Å². The van der Waals surface area contributed by atoms with Gasteiger partial charge < -0.3 is 5.73 Å². The van der Waals surface area contributed by atoms with Crippen LogP contribution in [-0.4, -0.2) is 17.7 Å². The molecule has 1 heterocycles. The van der Waals surface area contributed by atoms with Crippen LogP contribution in [0.4, 0.5) is 0 Å². The lowest BCUT2D eigenvalue weighted by atomic mass is 10.3. The molecular formula is C7H10ClN3OS. The number of halogens is 1. The van der Waals surface area contributed by atoms with Crippen molar-refractivity contribution in [3.63, 3.8) is 0 Å². The Morgan fingerprint density at radius 1 is 1.69 bits per heavy atom. The molecule has 6 heteroatoms. The lowest BCUT2D eigenvalue weighted by Gasteiger charge is -1.96. The van der Waals surface area contributed by atoms with Gasteiger partial charge in [0.15, 0.2) is 0 Å². The molecule has 4 nitrogen and oxygen atoms in total. The van der Waals surface area contributed by atoms with Crippen LogP contribution in [0.3, 0.4) is 0 Å². The molecule has 4 N–H and O–H groups in total. The number of rotatable bonds is 3. The van der Waals surface area contributed by atoms with Crippen LogP contribution in [0.2, 0.25) is 4.34 Å². The maximum absolute atomic E-state index is 8.31. The fourth-order valence-corrected chi connectivity index (χ4v) is 1.88. The summed E-state index contributed by atoms with van der Waals surface area (Å²) in [5.41, 5.74) is 6.97. The molecule has 1 aromatic heterocycles. The summed E-state index contributed by atoms with van der Waals surface area (Å²) in [5.74, 6) is 0.0302. The molecule has 13 heavy (non-hydrogen) atoms. The molecule has 1 rings (SSSR count). The molecule has 0 spiro atoms. The maximum Gasteiger partial charge on any atom is 0.212 e. The predicted octanol–water partition coefficient (Wildman–Crippen LogP) is 1.24. The Labute approximate surface area is 85.0 Å². The van der Waals surface area contributed by atoms with Crippen molar-refractivity contribution in [3.8, 4) is 0 Å². The standard InChI is InChI=1S/C7H10ClN3OS/c8-6-2-1-5(13-6)3-4-10-7(9)11-12/h1-2,12H,3-4H2,(H3,9,10,11). The van der Waals surface area contributed by atoms with E-state index in [1.54, 1.807) is 5.48 Å². The highest BCUT2D eigenvalue weighted by atomic mass is 35.5. The third kappa shape index (κ3) is 3.63. The van der Waals surface area contributed by atoms with Crippen molar-refractivity contribution in [2.45, 2.75) is 6.42 Å². The Balaban J connectivity index is 2.35. The first-order valence-corrected chi connectivity index (χ1v) is 4.86. The van der Waals surface area contributed by atoms with Gasteiger partial charge in [-0.25, -0.2) is 5.48 Å². The van der Waals surface area contributed by atoms with Crippen molar-refractivity contribution in [2.75, 3.05) is 6.54 Å². The van der Waals surface area contributed by atoms with Crippen LogP contribution >= 0.6 is 22.9 Å². The number of guanidine groups is 1. The minimum atomic E-state index is 0.0302. The number of aliphatic imine (C=N–C) groups is 1. The largest absolute Gasteiger partial charge is 0.368 e. The van der Waals surface area contributed by atoms with Crippen LogP contribution < -0.4 is 11.2 Å². The molecule has 0 aliphatic carbocycles. The molecule has 0 unspecified atom stereocenters. The zero-order valence-corrected chi connectivity index (χ0v) is 8.40. The Kier molecular flexibility index (Phi) is 4.01. The fraction of sp³-hybridized carbons (Fsp3) is 0.286. The Bertz CT molecular complexity index is 300. The third-order valence-electron chi connectivity index (χ3n) is 1.38. The number of hydroxylamine groups is 1. The predicted molar refractivity (Wildman–Crippen MR) is 54.4 cm³/mol. The number of nitrogens with zero attached hydrogens (tertiary/aromatic N) is 1. The summed E-state index contributed by atoms with van der Waals surface area (Å²) in [6, 6.07) is 3.80. The number of hydrogen-bond donors (Lipinski definition) is 3. The summed E-state index contributed by atoms with van der Waals surface area (Å²) in [6.07, 6.45) is 0.778. The van der Waals surface area contributed by atoms with E-state index in [0.717, 1.165) is 15.6 Å². The molecule has 0 saturated carbocycles. The SMILES string of the molecule is NC(=NCCc1ccc(Cl)s1)NO. The lowest BCUT2D eigenvalue weighted by molar-refractivity contribution is 0.232. The van der Waals surface area contributed by atoms with Crippen molar-refractivity contribution in [1.82, 2.24) is 5.48 Å². The number of nitrogens with one attached hydrogen (secondary N) is 1. The van der Waals surface area contributed by atoms with Crippen molar-refractivity contribution in [2.24, 2.45) is 10.7 Å². The summed E-state index contributed by atoms with van der Waals surface area (Å²) in [4.78, 5) is 5.00. The summed E-state index contributed by atoms with van der Waals surface area (Å²) in [7, 11) is 0. The van der Waals surface area contributed by atoms with Gasteiger partial charge in [-0.1, -0.05) is 11.6 Å². The van der Waals surface area contributed by atoms with Crippen LogP contribution in [0.5, 0.6) is 0 Å². The van der Waals surface area contributed by atoms with Gasteiger partial charge >= 0.3 is 0 Å². The Hall–Kier alpha value is -0.780. The first-order valence-electron chi connectivity index (χ1n) is 3.66. The van der Waals surface area contributed by atoms with Gasteiger partial charge in [-0.15, -0.1) is 11.3 Å². The van der Waals surface area contributed by atoms with E-state index in [1.807, 2.05) is 12.1 Å². The van der Waals surface area contributed by atoms with Crippen LogP contribution in [-0.2, 0) is 6.42 Å². The molecule has 0 aliphatic rings. The smallest absolute Gasteiger partial charge is 0.212 e. The van der Waals surface area contributed by atoms with E-state index in [-0.39, 0.29) is 5.96 Å². The van der Waals surface area contributed by atoms with Gasteiger partial charge in [-0.05, 0) is 12.1 Å². The fourth-order valence-electron chi connectivity index (χ4n) is 0.808. The topological polar surface area (TPSA) is 70.6 Å². The average Bonchev–Trinajstić information content (AvgIpc) is 2.51. The first-order chi connectivity index (χ1) is 6.22. The molecule has 1 aromatic rings. The summed E-state index contributed by atoms with van der Waals surface area (Å²) >= 11 is 7.25. The molecule has 0 radical (unpaired) electrons. The number of nitrogens with two attached hydrogens (primary N) is 1. The Morgan fingerprint density at radius 3 is 3.00 bits per heavy atom. The second kappa shape index (κ2) is 5.06. The molecule has 0 bridgehead atoms. The average molecular weight is 220 g/mol. The summed E-state index contributed by atoms with van der Waals surface area (Å²) in [6.45, 7) is 0.538. The van der Waals surface area contributed by atoms with Crippen LogP contribution in [0.25, 0.3) is 0 Å². The van der Waals surface area contributed by atoms with Crippen molar-refractivity contribution in [3.05, 3.63) is 21.3 Å². The molecule has 0 atom stereocenters. The lowest BCUT2D eigenvalue weighted by Crippen LogP contribution is -2.28. The van der Waals surface area contributed by atoms with E-state index in [4.69, 9.17) is 22.5 Å². The second-order valence-corrected chi connectivity index (χ2v) is 4.13. The number of hydrogen-bond acceptors (Lipinski definition) is 3. The van der Waals surface area contributed by atoms with Gasteiger partial charge in [-0.3, -0.25) is 10.2 Å². The van der Waals surface area contributed by atoms with E-state index >= 15 is 0 Å². The van der Waals surface area contributed by atoms with Gasteiger partial charge in [0.2, 0.25) is 5.96 Å². The van der Waals surface area contributed by atoms with Crippen molar-refractivity contribution >= 4 is 28.9 Å². The second-order valence-electron chi connectivity index (χ2n) is 2.33. The summed E-state index contributed by atoms with van der Waals surface area (Å²) < 4.78 is 0.771. The molecular weight excluding hydrogens is 210 g/mol. The van der Waals surface area contributed by atoms with Gasteiger partial charge in [0.25, 0.3) is 0 Å².